The van der Waals surface area contributed by atoms with Crippen molar-refractivity contribution in [3.63, 3.8) is 0 Å². The molecular weight excluding hydrogens is 578 g/mol. The molecule has 1 aromatic rings. The highest BCUT2D eigenvalue weighted by Gasteiger charge is 2.62. The molecule has 2 rings (SSSR count). The highest BCUT2D eigenvalue weighted by molar-refractivity contribution is 7.55. The number of aliphatic hydroxyl groups excluding tert-OH is 1. The van der Waals surface area contributed by atoms with Crippen molar-refractivity contribution in [1.29, 1.82) is 0 Å². The maximum Gasteiger partial charge on any atom is 0.388 e. The Bertz CT molecular complexity index is 1230. The van der Waals surface area contributed by atoms with Crippen molar-refractivity contribution in [2.75, 3.05) is 12.3 Å². The fraction of sp³-hybridized carbons (Fsp3) is 0.696. The summed E-state index contributed by atoms with van der Waals surface area (Å²) in [6.45, 7) is 7.39. The minimum Gasteiger partial charge on any atom is -0.462 e. The van der Waals surface area contributed by atoms with Crippen LogP contribution in [0.2, 0.25) is 0 Å². The first kappa shape index (κ1) is 34.4. The summed E-state index contributed by atoms with van der Waals surface area (Å²) in [5.74, 6) is -2.14. The van der Waals surface area contributed by atoms with Gasteiger partial charge in [-0.05, 0) is 47.1 Å². The number of nitrogens with one attached hydrogen (secondary N) is 1. The topological polar surface area (TPSA) is 194 Å². The molecule has 0 bridgehead atoms. The van der Waals surface area contributed by atoms with Gasteiger partial charge in [0, 0.05) is 6.20 Å². The van der Waals surface area contributed by atoms with Gasteiger partial charge in [-0.2, -0.15) is 9.75 Å². The van der Waals surface area contributed by atoms with Crippen LogP contribution in [0.3, 0.4) is 0 Å². The number of ether oxygens (including phenoxy) is 3. The standard InChI is InChI=1S/C23H35F3N5O9P/c1-7-14(20(34)39-12(4)5)30-41(36,29-13(6)19(33)38-11(2)3)37-10-23(21(25)26)17(32)16(24)18(40-23)31-9-8-15(27)28-22(31)35/h8-9,11-13,16-18,21,32H,7,10H2,1-6H3,(H,29,36)(H2,27,28,35). The average molecular weight is 614 g/mol. The van der Waals surface area contributed by atoms with E-state index in [9.17, 15) is 32.8 Å². The second kappa shape index (κ2) is 13.9. The lowest BCUT2D eigenvalue weighted by atomic mass is 9.97. The molecular formula is C23H35F3N5O9P. The van der Waals surface area contributed by atoms with Crippen molar-refractivity contribution in [3.8, 4) is 0 Å². The molecule has 0 aliphatic carbocycles. The zero-order valence-electron chi connectivity index (χ0n) is 23.3. The molecule has 1 aliphatic heterocycles. The molecule has 41 heavy (non-hydrogen) atoms. The number of nitrogens with two attached hydrogens (primary N) is 1. The lowest BCUT2D eigenvalue weighted by Crippen LogP contribution is -2.52. The van der Waals surface area contributed by atoms with Gasteiger partial charge in [-0.1, -0.05) is 6.92 Å². The third-order valence-corrected chi connectivity index (χ3v) is 7.30. The molecule has 6 unspecified atom stereocenters. The smallest absolute Gasteiger partial charge is 0.388 e. The first-order valence-corrected chi connectivity index (χ1v) is 14.2. The first-order chi connectivity index (χ1) is 19.0. The van der Waals surface area contributed by atoms with Gasteiger partial charge in [-0.15, -0.1) is 0 Å². The summed E-state index contributed by atoms with van der Waals surface area (Å²) < 4.78 is 82.6. The monoisotopic (exact) mass is 613 g/mol. The average Bonchev–Trinajstić information content (AvgIpc) is 3.11. The van der Waals surface area contributed by atoms with Gasteiger partial charge in [-0.25, -0.2) is 32.4 Å². The van der Waals surface area contributed by atoms with Gasteiger partial charge < -0.3 is 25.1 Å². The molecule has 0 amide bonds. The minimum absolute atomic E-state index is 0.147. The molecule has 0 saturated carbocycles. The Labute approximate surface area is 234 Å². The molecule has 0 radical (unpaired) electrons. The first-order valence-electron chi connectivity index (χ1n) is 12.6. The highest BCUT2D eigenvalue weighted by atomic mass is 31.2. The van der Waals surface area contributed by atoms with E-state index in [1.807, 2.05) is 0 Å². The van der Waals surface area contributed by atoms with E-state index in [1.54, 1.807) is 27.7 Å². The zero-order chi connectivity index (χ0) is 31.3. The maximum absolute atomic E-state index is 15.1. The van der Waals surface area contributed by atoms with Crippen LogP contribution in [0.1, 0.15) is 54.2 Å². The molecule has 4 N–H and O–H groups in total. The molecule has 1 fully saturated rings. The summed E-state index contributed by atoms with van der Waals surface area (Å²) in [5, 5.41) is 12.8. The summed E-state index contributed by atoms with van der Waals surface area (Å²) in [7, 11) is -4.84. The van der Waals surface area contributed by atoms with Gasteiger partial charge in [0.1, 0.15) is 23.7 Å². The second-order valence-corrected chi connectivity index (χ2v) is 11.4. The van der Waals surface area contributed by atoms with Crippen LogP contribution in [0.4, 0.5) is 19.0 Å². The predicted molar refractivity (Wildman–Crippen MR) is 139 cm³/mol. The van der Waals surface area contributed by atoms with Crippen LogP contribution in [-0.2, 0) is 32.9 Å². The Balaban J connectivity index is 2.49. The number of hydrogen-bond donors (Lipinski definition) is 3. The van der Waals surface area contributed by atoms with E-state index < -0.39 is 86.4 Å². The highest BCUT2D eigenvalue weighted by Crippen LogP contribution is 2.50. The quantitative estimate of drug-likeness (QED) is 0.166. The number of carbonyl (C=O) groups is 2. The fourth-order valence-electron chi connectivity index (χ4n) is 3.59. The van der Waals surface area contributed by atoms with Crippen molar-refractivity contribution in [3.05, 3.63) is 22.7 Å². The summed E-state index contributed by atoms with van der Waals surface area (Å²) in [6.07, 6.45) is -11.3. The maximum atomic E-state index is 15.1. The number of hydrogen-bond acceptors (Lipinski definition) is 11. The number of alkyl halides is 3. The molecule has 1 aliphatic rings. The molecule has 6 atom stereocenters. The molecule has 232 valence electrons. The molecule has 1 saturated heterocycles. The lowest BCUT2D eigenvalue weighted by molar-refractivity contribution is -0.192. The normalized spacial score (nSPS) is 25.4. The van der Waals surface area contributed by atoms with E-state index in [4.69, 9.17) is 24.5 Å². The van der Waals surface area contributed by atoms with Crippen molar-refractivity contribution < 1.29 is 51.2 Å². The number of rotatable bonds is 13. The predicted octanol–water partition coefficient (Wildman–Crippen LogP) is 1.91. The number of nitrogens with zero attached hydrogens (tertiary/aromatic N) is 3. The van der Waals surface area contributed by atoms with Crippen LogP contribution >= 0.6 is 7.67 Å². The Hall–Kier alpha value is -2.85. The summed E-state index contributed by atoms with van der Waals surface area (Å²) in [4.78, 5) is 40.4. The van der Waals surface area contributed by atoms with E-state index in [-0.39, 0.29) is 12.2 Å². The number of esters is 2. The van der Waals surface area contributed by atoms with Crippen LogP contribution in [0.5, 0.6) is 0 Å². The molecule has 14 nitrogen and oxygen atoms in total. The van der Waals surface area contributed by atoms with Crippen LogP contribution in [0, 0.1) is 0 Å². The molecule has 18 heteroatoms. The minimum atomic E-state index is -4.84. The summed E-state index contributed by atoms with van der Waals surface area (Å²) >= 11 is 0. The van der Waals surface area contributed by atoms with Gasteiger partial charge in [0.05, 0.1) is 18.8 Å². The van der Waals surface area contributed by atoms with Crippen molar-refractivity contribution in [1.82, 2.24) is 14.6 Å². The number of halogens is 3. The van der Waals surface area contributed by atoms with Gasteiger partial charge in [0.15, 0.2) is 18.0 Å². The Morgan fingerprint density at radius 2 is 1.88 bits per heavy atom. The Morgan fingerprint density at radius 1 is 1.27 bits per heavy atom. The number of nitrogen functional groups attached to an aromatic ring is 1. The van der Waals surface area contributed by atoms with Gasteiger partial charge >= 0.3 is 25.3 Å². The van der Waals surface area contributed by atoms with Crippen molar-refractivity contribution in [2.45, 2.75) is 96.7 Å². The molecule has 0 spiro atoms. The van der Waals surface area contributed by atoms with Crippen LogP contribution in [0.25, 0.3) is 0 Å². The SMILES string of the molecule is CCC(=NP(=O)(NC(C)C(=O)OC(C)C)OCC1(C(F)F)OC(n2ccc(N)nc2=O)C(F)C1O)C(=O)OC(C)C. The largest absolute Gasteiger partial charge is 0.462 e. The molecule has 1 aromatic heterocycles. The van der Waals surface area contributed by atoms with E-state index in [1.165, 1.54) is 13.8 Å². The van der Waals surface area contributed by atoms with E-state index >= 15 is 4.39 Å². The van der Waals surface area contributed by atoms with Crippen molar-refractivity contribution >= 4 is 31.1 Å². The summed E-state index contributed by atoms with van der Waals surface area (Å²) in [5.41, 5.74) is 0.647. The fourth-order valence-corrected chi connectivity index (χ4v) is 5.29. The Kier molecular flexibility index (Phi) is 11.6. The number of carbonyl (C=O) groups excluding carboxylic acids is 2. The summed E-state index contributed by atoms with van der Waals surface area (Å²) in [6, 6.07) is -0.320. The Morgan fingerprint density at radius 3 is 2.39 bits per heavy atom. The van der Waals surface area contributed by atoms with E-state index in [2.05, 4.69) is 14.8 Å². The van der Waals surface area contributed by atoms with E-state index in [0.717, 1.165) is 12.3 Å². The third-order valence-electron chi connectivity index (χ3n) is 5.60. The molecule has 2 heterocycles. The third kappa shape index (κ3) is 8.35. The molecule has 0 aromatic carbocycles. The second-order valence-electron chi connectivity index (χ2n) is 9.68. The van der Waals surface area contributed by atoms with Crippen LogP contribution in [-0.4, -0.2) is 81.5 Å². The lowest BCUT2D eigenvalue weighted by Gasteiger charge is -2.32. The zero-order valence-corrected chi connectivity index (χ0v) is 24.2. The van der Waals surface area contributed by atoms with Gasteiger partial charge in [0.2, 0.25) is 0 Å². The van der Waals surface area contributed by atoms with Gasteiger partial charge in [0.25, 0.3) is 6.43 Å². The number of anilines is 1. The van der Waals surface area contributed by atoms with Crippen LogP contribution in [0.15, 0.2) is 21.8 Å². The van der Waals surface area contributed by atoms with Crippen molar-refractivity contribution in [2.24, 2.45) is 4.76 Å². The van der Waals surface area contributed by atoms with Gasteiger partial charge in [-0.3, -0.25) is 13.9 Å². The van der Waals surface area contributed by atoms with E-state index in [0.29, 0.717) is 4.57 Å². The number of aliphatic hydroxyl groups is 1. The van der Waals surface area contributed by atoms with Crippen LogP contribution < -0.4 is 16.5 Å². The number of aromatic nitrogens is 2.